The first kappa shape index (κ1) is 17.7. The maximum absolute atomic E-state index is 12.8. The molecule has 0 unspecified atom stereocenters. The third-order valence-corrected chi connectivity index (χ3v) is 4.09. The van der Waals surface area contributed by atoms with Gasteiger partial charge in [0.25, 0.3) is 11.4 Å². The highest BCUT2D eigenvalue weighted by Gasteiger charge is 2.30. The molecule has 0 fully saturated rings. The molecular weight excluding hydrogens is 375 g/mol. The van der Waals surface area contributed by atoms with Crippen LogP contribution in [-0.4, -0.2) is 20.8 Å². The third-order valence-electron chi connectivity index (χ3n) is 4.09. The van der Waals surface area contributed by atoms with E-state index < -0.39 is 17.3 Å². The van der Waals surface area contributed by atoms with Crippen LogP contribution >= 0.6 is 0 Å². The fourth-order valence-electron chi connectivity index (χ4n) is 2.77. The van der Waals surface area contributed by atoms with Gasteiger partial charge in [-0.15, -0.1) is 0 Å². The molecule has 0 amide bonds. The number of nitrogens with zero attached hydrogens (tertiary/aromatic N) is 3. The lowest BCUT2D eigenvalue weighted by Gasteiger charge is -2.08. The zero-order valence-electron chi connectivity index (χ0n) is 14.0. The van der Waals surface area contributed by atoms with E-state index in [4.69, 9.17) is 4.42 Å². The summed E-state index contributed by atoms with van der Waals surface area (Å²) in [5.74, 6) is -0.328. The molecule has 0 saturated carbocycles. The molecule has 0 bridgehead atoms. The van der Waals surface area contributed by atoms with Crippen molar-refractivity contribution in [2.24, 2.45) is 0 Å². The van der Waals surface area contributed by atoms with Gasteiger partial charge < -0.3 is 4.42 Å². The minimum atomic E-state index is -4.49. The van der Waals surface area contributed by atoms with Crippen molar-refractivity contribution in [1.29, 1.82) is 0 Å². The number of halogens is 3. The van der Waals surface area contributed by atoms with Crippen LogP contribution in [0.2, 0.25) is 0 Å². The Kier molecular flexibility index (Phi) is 4.07. The van der Waals surface area contributed by atoms with Gasteiger partial charge in [-0.2, -0.15) is 18.2 Å². The van der Waals surface area contributed by atoms with E-state index in [-0.39, 0.29) is 28.5 Å². The minimum Gasteiger partial charge on any atom is -0.432 e. The number of rotatable bonds is 3. The highest BCUT2D eigenvalue weighted by molar-refractivity contribution is 5.78. The predicted molar refractivity (Wildman–Crippen MR) is 93.2 cm³/mol. The topological polar surface area (TPSA) is 78.0 Å². The first-order valence-electron chi connectivity index (χ1n) is 7.99. The fourth-order valence-corrected chi connectivity index (χ4v) is 2.77. The highest BCUT2D eigenvalue weighted by atomic mass is 19.4. The second-order valence-electron chi connectivity index (χ2n) is 5.83. The van der Waals surface area contributed by atoms with Crippen molar-refractivity contribution in [1.82, 2.24) is 14.5 Å². The van der Waals surface area contributed by atoms with Gasteiger partial charge in [-0.25, -0.2) is 0 Å². The number of fused-ring (bicyclic) bond motifs is 1. The minimum absolute atomic E-state index is 0.00629. The largest absolute Gasteiger partial charge is 0.432 e. The smallest absolute Gasteiger partial charge is 0.416 e. The Bertz CT molecular complexity index is 1240. The lowest BCUT2D eigenvalue weighted by molar-refractivity contribution is -0.137. The van der Waals surface area contributed by atoms with Crippen LogP contribution in [0.25, 0.3) is 28.0 Å². The van der Waals surface area contributed by atoms with E-state index in [2.05, 4.69) is 9.97 Å². The van der Waals surface area contributed by atoms with Crippen LogP contribution in [0.3, 0.4) is 0 Å². The molecule has 0 aliphatic carbocycles. The number of carbonyl (C=O) groups excluding carboxylic acids is 1. The zero-order valence-corrected chi connectivity index (χ0v) is 14.0. The molecule has 0 N–H and O–H groups in total. The standard InChI is InChI=1S/C19H10F3N3O3/c20-19(21,22)13-5-3-12(4-6-13)16-17(24-14(10-26)28-16)25-9-7-11-2-1-8-23-15(11)18(25)27/h1-10H. The molecular formula is C19H10F3N3O3. The van der Waals surface area contributed by atoms with Gasteiger partial charge in [-0.3, -0.25) is 19.1 Å². The molecule has 0 atom stereocenters. The van der Waals surface area contributed by atoms with Gasteiger partial charge in [0.05, 0.1) is 5.56 Å². The number of benzene rings is 1. The summed E-state index contributed by atoms with van der Waals surface area (Å²) < 4.78 is 44.9. The summed E-state index contributed by atoms with van der Waals surface area (Å²) in [6.45, 7) is 0. The second kappa shape index (κ2) is 6.45. The van der Waals surface area contributed by atoms with E-state index in [0.717, 1.165) is 16.7 Å². The number of carbonyl (C=O) groups is 1. The van der Waals surface area contributed by atoms with Gasteiger partial charge in [-0.05, 0) is 24.3 Å². The predicted octanol–water partition coefficient (Wildman–Crippen LogP) is 3.87. The molecule has 0 spiro atoms. The van der Waals surface area contributed by atoms with Crippen LogP contribution in [-0.2, 0) is 6.18 Å². The number of aldehydes is 1. The van der Waals surface area contributed by atoms with Crippen LogP contribution in [0, 0.1) is 0 Å². The van der Waals surface area contributed by atoms with Gasteiger partial charge in [0.15, 0.2) is 11.6 Å². The van der Waals surface area contributed by atoms with Crippen molar-refractivity contribution in [3.8, 4) is 17.1 Å². The van der Waals surface area contributed by atoms with E-state index in [1.54, 1.807) is 18.2 Å². The van der Waals surface area contributed by atoms with Gasteiger partial charge in [-0.1, -0.05) is 18.2 Å². The number of hydrogen-bond acceptors (Lipinski definition) is 5. The maximum atomic E-state index is 12.8. The van der Waals surface area contributed by atoms with E-state index in [9.17, 15) is 22.8 Å². The molecule has 3 aromatic heterocycles. The average Bonchev–Trinajstić information content (AvgIpc) is 3.12. The van der Waals surface area contributed by atoms with Crippen LogP contribution in [0.4, 0.5) is 13.2 Å². The number of hydrogen-bond donors (Lipinski definition) is 0. The Labute approximate surface area is 154 Å². The van der Waals surface area contributed by atoms with Gasteiger partial charge in [0.2, 0.25) is 6.29 Å². The van der Waals surface area contributed by atoms with Crippen LogP contribution < -0.4 is 5.56 Å². The lowest BCUT2D eigenvalue weighted by Crippen LogP contribution is -2.19. The SMILES string of the molecule is O=Cc1nc(-n2ccc3cccnc3c2=O)c(-c2ccc(C(F)(F)F)cc2)o1. The number of aromatic nitrogens is 3. The fraction of sp³-hybridized carbons (Fsp3) is 0.0526. The monoisotopic (exact) mass is 385 g/mol. The van der Waals surface area contributed by atoms with Crippen LogP contribution in [0.15, 0.2) is 64.1 Å². The maximum Gasteiger partial charge on any atom is 0.416 e. The molecule has 1 aromatic carbocycles. The summed E-state index contributed by atoms with van der Waals surface area (Å²) in [5, 5.41) is 0.610. The number of oxazole rings is 1. The molecule has 3 heterocycles. The Balaban J connectivity index is 1.90. The molecule has 0 aliphatic heterocycles. The third kappa shape index (κ3) is 2.96. The van der Waals surface area contributed by atoms with Crippen LogP contribution in [0.1, 0.15) is 16.2 Å². The molecule has 0 radical (unpaired) electrons. The Morgan fingerprint density at radius 1 is 1.07 bits per heavy atom. The van der Waals surface area contributed by atoms with Gasteiger partial charge in [0.1, 0.15) is 5.52 Å². The molecule has 9 heteroatoms. The summed E-state index contributed by atoms with van der Waals surface area (Å²) in [4.78, 5) is 31.9. The van der Waals surface area contributed by atoms with E-state index in [1.807, 2.05) is 0 Å². The van der Waals surface area contributed by atoms with Gasteiger partial charge >= 0.3 is 6.18 Å². The summed E-state index contributed by atoms with van der Waals surface area (Å²) >= 11 is 0. The normalized spacial score (nSPS) is 11.7. The van der Waals surface area contributed by atoms with Crippen molar-refractivity contribution in [2.45, 2.75) is 6.18 Å². The number of pyridine rings is 2. The molecule has 6 nitrogen and oxygen atoms in total. The zero-order chi connectivity index (χ0) is 19.9. The van der Waals surface area contributed by atoms with Crippen molar-refractivity contribution < 1.29 is 22.4 Å². The molecule has 4 aromatic rings. The molecule has 0 aliphatic rings. The summed E-state index contributed by atoms with van der Waals surface area (Å²) in [6, 6.07) is 9.16. The van der Waals surface area contributed by atoms with Gasteiger partial charge in [0, 0.05) is 23.3 Å². The van der Waals surface area contributed by atoms with Crippen molar-refractivity contribution >= 4 is 17.2 Å². The van der Waals surface area contributed by atoms with Crippen molar-refractivity contribution in [3.63, 3.8) is 0 Å². The average molecular weight is 385 g/mol. The van der Waals surface area contributed by atoms with E-state index in [1.165, 1.54) is 24.5 Å². The quantitative estimate of drug-likeness (QED) is 0.500. The van der Waals surface area contributed by atoms with Crippen LogP contribution in [0.5, 0.6) is 0 Å². The molecule has 4 rings (SSSR count). The Morgan fingerprint density at radius 3 is 2.50 bits per heavy atom. The summed E-state index contributed by atoms with van der Waals surface area (Å²) in [7, 11) is 0. The first-order valence-corrected chi connectivity index (χ1v) is 7.99. The highest BCUT2D eigenvalue weighted by Crippen LogP contribution is 2.32. The number of alkyl halides is 3. The summed E-state index contributed by atoms with van der Waals surface area (Å²) in [6.07, 6.45) is -1.24. The van der Waals surface area contributed by atoms with Crippen molar-refractivity contribution in [2.75, 3.05) is 0 Å². The molecule has 140 valence electrons. The second-order valence-corrected chi connectivity index (χ2v) is 5.83. The molecule has 0 saturated heterocycles. The summed E-state index contributed by atoms with van der Waals surface area (Å²) in [5.41, 5.74) is -0.923. The Hall–Kier alpha value is -3.75. The lowest BCUT2D eigenvalue weighted by atomic mass is 10.1. The Morgan fingerprint density at radius 2 is 1.82 bits per heavy atom. The van der Waals surface area contributed by atoms with E-state index in [0.29, 0.717) is 11.7 Å². The van der Waals surface area contributed by atoms with Crippen molar-refractivity contribution in [3.05, 3.63) is 76.7 Å². The van der Waals surface area contributed by atoms with E-state index >= 15 is 0 Å². The molecule has 28 heavy (non-hydrogen) atoms. The first-order chi connectivity index (χ1) is 13.4.